The van der Waals surface area contributed by atoms with E-state index in [2.05, 4.69) is 5.32 Å². The molecule has 1 aromatic carbocycles. The maximum absolute atomic E-state index is 13.0. The molecule has 17 heavy (non-hydrogen) atoms. The Morgan fingerprint density at radius 2 is 1.82 bits per heavy atom. The van der Waals surface area contributed by atoms with Crippen molar-refractivity contribution in [3.05, 3.63) is 35.4 Å². The van der Waals surface area contributed by atoms with Gasteiger partial charge in [0.25, 0.3) is 0 Å². The van der Waals surface area contributed by atoms with E-state index < -0.39 is 23.5 Å². The van der Waals surface area contributed by atoms with Crippen molar-refractivity contribution in [2.75, 3.05) is 13.1 Å². The van der Waals surface area contributed by atoms with E-state index in [-0.39, 0.29) is 18.3 Å². The van der Waals surface area contributed by atoms with Crippen LogP contribution in [0.25, 0.3) is 0 Å². The molecule has 1 aliphatic rings. The molecule has 2 unspecified atom stereocenters. The predicted molar refractivity (Wildman–Crippen MR) is 60.3 cm³/mol. The second-order valence-electron chi connectivity index (χ2n) is 3.91. The Morgan fingerprint density at radius 1 is 1.24 bits per heavy atom. The van der Waals surface area contributed by atoms with Gasteiger partial charge in [0.05, 0.1) is 5.92 Å². The average molecular weight is 264 g/mol. The van der Waals surface area contributed by atoms with E-state index in [1.165, 1.54) is 12.1 Å². The molecule has 2 rings (SSSR count). The molecule has 1 aliphatic heterocycles. The minimum absolute atomic E-state index is 0. The second-order valence-corrected chi connectivity index (χ2v) is 3.91. The first-order valence-electron chi connectivity index (χ1n) is 4.97. The topological polar surface area (TPSA) is 49.3 Å². The lowest BCUT2D eigenvalue weighted by atomic mass is 9.89. The number of hydrogen-bond donors (Lipinski definition) is 2. The highest BCUT2D eigenvalue weighted by molar-refractivity contribution is 5.85. The Bertz CT molecular complexity index is 408. The number of nitrogens with one attached hydrogen (secondary N) is 1. The highest BCUT2D eigenvalue weighted by atomic mass is 35.5. The summed E-state index contributed by atoms with van der Waals surface area (Å²) in [5.41, 5.74) is 0.398. The van der Waals surface area contributed by atoms with Gasteiger partial charge in [0.2, 0.25) is 0 Å². The molecule has 0 bridgehead atoms. The third-order valence-electron chi connectivity index (χ3n) is 2.84. The van der Waals surface area contributed by atoms with Gasteiger partial charge in [0, 0.05) is 25.1 Å². The van der Waals surface area contributed by atoms with Crippen LogP contribution in [0.3, 0.4) is 0 Å². The molecule has 0 saturated carbocycles. The van der Waals surface area contributed by atoms with Crippen LogP contribution in [-0.2, 0) is 4.79 Å². The van der Waals surface area contributed by atoms with Crippen molar-refractivity contribution in [2.45, 2.75) is 5.92 Å². The number of carbonyl (C=O) groups is 1. The SMILES string of the molecule is Cl.O=C(O)C1CNCC1c1cc(F)cc(F)c1. The number of benzene rings is 1. The fourth-order valence-electron chi connectivity index (χ4n) is 2.08. The molecular formula is C11H12ClF2NO2. The molecule has 1 fully saturated rings. The molecule has 1 aromatic rings. The summed E-state index contributed by atoms with van der Waals surface area (Å²) in [5.74, 6) is -3.29. The Balaban J connectivity index is 0.00000144. The molecule has 0 aromatic heterocycles. The highest BCUT2D eigenvalue weighted by Gasteiger charge is 2.34. The smallest absolute Gasteiger partial charge is 0.308 e. The summed E-state index contributed by atoms with van der Waals surface area (Å²) in [6, 6.07) is 3.16. The van der Waals surface area contributed by atoms with Gasteiger partial charge < -0.3 is 10.4 Å². The summed E-state index contributed by atoms with van der Waals surface area (Å²) < 4.78 is 26.0. The van der Waals surface area contributed by atoms with Crippen molar-refractivity contribution in [1.82, 2.24) is 5.32 Å². The van der Waals surface area contributed by atoms with Gasteiger partial charge in [-0.05, 0) is 17.7 Å². The lowest BCUT2D eigenvalue weighted by Crippen LogP contribution is -2.21. The van der Waals surface area contributed by atoms with Crippen LogP contribution in [0.15, 0.2) is 18.2 Å². The molecule has 1 saturated heterocycles. The van der Waals surface area contributed by atoms with E-state index in [0.29, 0.717) is 18.7 Å². The van der Waals surface area contributed by atoms with Gasteiger partial charge in [0.15, 0.2) is 0 Å². The Labute approximate surface area is 103 Å². The third kappa shape index (κ3) is 2.92. The first-order chi connectivity index (χ1) is 7.58. The maximum Gasteiger partial charge on any atom is 0.308 e. The molecule has 1 heterocycles. The fraction of sp³-hybridized carbons (Fsp3) is 0.364. The Kier molecular flexibility index (Phi) is 4.42. The van der Waals surface area contributed by atoms with Gasteiger partial charge in [0.1, 0.15) is 11.6 Å². The van der Waals surface area contributed by atoms with Crippen LogP contribution in [0.1, 0.15) is 11.5 Å². The molecule has 2 N–H and O–H groups in total. The zero-order valence-corrected chi connectivity index (χ0v) is 9.64. The maximum atomic E-state index is 13.0. The molecule has 6 heteroatoms. The van der Waals surface area contributed by atoms with E-state index in [1.54, 1.807) is 0 Å². The fourth-order valence-corrected chi connectivity index (χ4v) is 2.08. The highest BCUT2D eigenvalue weighted by Crippen LogP contribution is 2.29. The first kappa shape index (κ1) is 13.9. The molecule has 0 amide bonds. The molecular weight excluding hydrogens is 252 g/mol. The largest absolute Gasteiger partial charge is 0.481 e. The van der Waals surface area contributed by atoms with Crippen LogP contribution in [0.5, 0.6) is 0 Å². The second kappa shape index (κ2) is 5.42. The van der Waals surface area contributed by atoms with Gasteiger partial charge in [-0.1, -0.05) is 0 Å². The van der Waals surface area contributed by atoms with E-state index in [4.69, 9.17) is 5.11 Å². The number of hydrogen-bond acceptors (Lipinski definition) is 2. The zero-order chi connectivity index (χ0) is 11.7. The van der Waals surface area contributed by atoms with Gasteiger partial charge in [-0.3, -0.25) is 4.79 Å². The van der Waals surface area contributed by atoms with Gasteiger partial charge in [-0.2, -0.15) is 0 Å². The van der Waals surface area contributed by atoms with Crippen LogP contribution < -0.4 is 5.32 Å². The molecule has 3 nitrogen and oxygen atoms in total. The molecule has 0 spiro atoms. The predicted octanol–water partition coefficient (Wildman–Crippen LogP) is 1.77. The Morgan fingerprint density at radius 3 is 2.35 bits per heavy atom. The molecule has 0 radical (unpaired) electrons. The van der Waals surface area contributed by atoms with Crippen molar-refractivity contribution < 1.29 is 18.7 Å². The summed E-state index contributed by atoms with van der Waals surface area (Å²) in [6.07, 6.45) is 0. The Hall–Kier alpha value is -1.20. The summed E-state index contributed by atoms with van der Waals surface area (Å²) in [7, 11) is 0. The number of aliphatic carboxylic acids is 1. The number of carboxylic acids is 1. The van der Waals surface area contributed by atoms with Crippen molar-refractivity contribution in [3.63, 3.8) is 0 Å². The van der Waals surface area contributed by atoms with Crippen LogP contribution >= 0.6 is 12.4 Å². The van der Waals surface area contributed by atoms with Crippen LogP contribution in [-0.4, -0.2) is 24.2 Å². The monoisotopic (exact) mass is 263 g/mol. The molecule has 0 aliphatic carbocycles. The number of carboxylic acid groups (broad SMARTS) is 1. The zero-order valence-electron chi connectivity index (χ0n) is 8.82. The summed E-state index contributed by atoms with van der Waals surface area (Å²) in [5, 5.41) is 11.9. The van der Waals surface area contributed by atoms with Crippen molar-refractivity contribution in [3.8, 4) is 0 Å². The lowest BCUT2D eigenvalue weighted by molar-refractivity contribution is -0.141. The average Bonchev–Trinajstić information content (AvgIpc) is 2.63. The van der Waals surface area contributed by atoms with Gasteiger partial charge >= 0.3 is 5.97 Å². The lowest BCUT2D eigenvalue weighted by Gasteiger charge is -2.15. The standard InChI is InChI=1S/C11H11F2NO2.ClH/c12-7-1-6(2-8(13)3-7)9-4-14-5-10(9)11(15)16;/h1-3,9-10,14H,4-5H2,(H,15,16);1H. The quantitative estimate of drug-likeness (QED) is 0.855. The normalized spacial score (nSPS) is 23.2. The van der Waals surface area contributed by atoms with Crippen LogP contribution in [0.4, 0.5) is 8.78 Å². The molecule has 2 atom stereocenters. The number of rotatable bonds is 2. The minimum Gasteiger partial charge on any atom is -0.481 e. The minimum atomic E-state index is -0.945. The molecule has 94 valence electrons. The van der Waals surface area contributed by atoms with E-state index in [1.807, 2.05) is 0 Å². The van der Waals surface area contributed by atoms with E-state index >= 15 is 0 Å². The summed E-state index contributed by atoms with van der Waals surface area (Å²) in [6.45, 7) is 0.762. The van der Waals surface area contributed by atoms with Gasteiger partial charge in [-0.15, -0.1) is 12.4 Å². The van der Waals surface area contributed by atoms with Crippen LogP contribution in [0.2, 0.25) is 0 Å². The van der Waals surface area contributed by atoms with Gasteiger partial charge in [-0.25, -0.2) is 8.78 Å². The number of halogens is 3. The van der Waals surface area contributed by atoms with E-state index in [9.17, 15) is 13.6 Å². The van der Waals surface area contributed by atoms with Crippen LogP contribution in [0, 0.1) is 17.6 Å². The third-order valence-corrected chi connectivity index (χ3v) is 2.84. The summed E-state index contributed by atoms with van der Waals surface area (Å²) in [4.78, 5) is 10.9. The van der Waals surface area contributed by atoms with Crippen molar-refractivity contribution in [1.29, 1.82) is 0 Å². The van der Waals surface area contributed by atoms with Crippen molar-refractivity contribution in [2.24, 2.45) is 5.92 Å². The van der Waals surface area contributed by atoms with Crippen molar-refractivity contribution >= 4 is 18.4 Å². The van der Waals surface area contributed by atoms with E-state index in [0.717, 1.165) is 6.07 Å². The first-order valence-corrected chi connectivity index (χ1v) is 4.97. The summed E-state index contributed by atoms with van der Waals surface area (Å²) >= 11 is 0.